The van der Waals surface area contributed by atoms with Crippen LogP contribution in [0.15, 0.2) is 29.5 Å². The van der Waals surface area contributed by atoms with Crippen LogP contribution in [0, 0.1) is 0 Å². The maximum atomic E-state index is 6.17. The van der Waals surface area contributed by atoms with E-state index in [1.165, 1.54) is 37.7 Å². The SMILES string of the molecule is CCN(Cc1ccncc1)C(N)=NC1CCCCC1. The number of aromatic nitrogens is 1. The van der Waals surface area contributed by atoms with Gasteiger partial charge in [0.2, 0.25) is 0 Å². The molecule has 1 aliphatic rings. The van der Waals surface area contributed by atoms with Gasteiger partial charge in [0.1, 0.15) is 0 Å². The summed E-state index contributed by atoms with van der Waals surface area (Å²) in [6.07, 6.45) is 9.94. The number of pyridine rings is 1. The maximum Gasteiger partial charge on any atom is 0.191 e. The zero-order valence-corrected chi connectivity index (χ0v) is 11.8. The van der Waals surface area contributed by atoms with Gasteiger partial charge in [0.25, 0.3) is 0 Å². The third-order valence-corrected chi connectivity index (χ3v) is 3.72. The number of aliphatic imine (C=N–C) groups is 1. The summed E-state index contributed by atoms with van der Waals surface area (Å²) in [4.78, 5) is 10.9. The summed E-state index contributed by atoms with van der Waals surface area (Å²) in [5, 5.41) is 0. The predicted octanol–water partition coefficient (Wildman–Crippen LogP) is 2.55. The monoisotopic (exact) mass is 260 g/mol. The Bertz CT molecular complexity index is 396. The van der Waals surface area contributed by atoms with Gasteiger partial charge in [0.05, 0.1) is 6.04 Å². The van der Waals surface area contributed by atoms with E-state index in [1.54, 1.807) is 0 Å². The van der Waals surface area contributed by atoms with Crippen molar-refractivity contribution in [2.24, 2.45) is 10.7 Å². The fraction of sp³-hybridized carbons (Fsp3) is 0.600. The predicted molar refractivity (Wildman–Crippen MR) is 78.8 cm³/mol. The van der Waals surface area contributed by atoms with E-state index in [9.17, 15) is 0 Å². The van der Waals surface area contributed by atoms with Gasteiger partial charge in [-0.15, -0.1) is 0 Å². The molecule has 0 radical (unpaired) electrons. The molecule has 0 aliphatic heterocycles. The second-order valence-corrected chi connectivity index (χ2v) is 5.15. The van der Waals surface area contributed by atoms with Crippen molar-refractivity contribution < 1.29 is 0 Å². The Kier molecular flexibility index (Phi) is 5.19. The Hall–Kier alpha value is -1.58. The molecular weight excluding hydrogens is 236 g/mol. The fourth-order valence-electron chi connectivity index (χ4n) is 2.54. The molecule has 0 bridgehead atoms. The van der Waals surface area contributed by atoms with Crippen LogP contribution >= 0.6 is 0 Å². The normalized spacial score (nSPS) is 17.4. The lowest BCUT2D eigenvalue weighted by Crippen LogP contribution is -2.38. The molecule has 0 aromatic carbocycles. The molecule has 2 rings (SSSR count). The minimum absolute atomic E-state index is 0.431. The van der Waals surface area contributed by atoms with Crippen molar-refractivity contribution in [3.8, 4) is 0 Å². The highest BCUT2D eigenvalue weighted by molar-refractivity contribution is 5.78. The van der Waals surface area contributed by atoms with Crippen molar-refractivity contribution in [2.45, 2.75) is 51.6 Å². The van der Waals surface area contributed by atoms with E-state index >= 15 is 0 Å². The topological polar surface area (TPSA) is 54.5 Å². The molecule has 0 spiro atoms. The zero-order valence-electron chi connectivity index (χ0n) is 11.8. The summed E-state index contributed by atoms with van der Waals surface area (Å²) in [5.41, 5.74) is 7.39. The van der Waals surface area contributed by atoms with Gasteiger partial charge in [-0.2, -0.15) is 0 Å². The number of hydrogen-bond donors (Lipinski definition) is 1. The van der Waals surface area contributed by atoms with Gasteiger partial charge in [-0.3, -0.25) is 4.98 Å². The molecule has 1 heterocycles. The van der Waals surface area contributed by atoms with Gasteiger partial charge >= 0.3 is 0 Å². The van der Waals surface area contributed by atoms with E-state index in [-0.39, 0.29) is 0 Å². The molecule has 4 nitrogen and oxygen atoms in total. The van der Waals surface area contributed by atoms with Crippen molar-refractivity contribution in [2.75, 3.05) is 6.54 Å². The van der Waals surface area contributed by atoms with Crippen LogP contribution in [0.1, 0.15) is 44.6 Å². The summed E-state index contributed by atoms with van der Waals surface area (Å²) < 4.78 is 0. The Morgan fingerprint density at radius 1 is 1.32 bits per heavy atom. The lowest BCUT2D eigenvalue weighted by Gasteiger charge is -2.25. The third-order valence-electron chi connectivity index (χ3n) is 3.72. The molecule has 104 valence electrons. The second-order valence-electron chi connectivity index (χ2n) is 5.15. The first-order valence-electron chi connectivity index (χ1n) is 7.26. The van der Waals surface area contributed by atoms with Crippen molar-refractivity contribution in [1.29, 1.82) is 0 Å². The molecule has 1 aromatic rings. The number of hydrogen-bond acceptors (Lipinski definition) is 2. The molecule has 1 aliphatic carbocycles. The number of nitrogens with zero attached hydrogens (tertiary/aromatic N) is 3. The standard InChI is InChI=1S/C15H24N4/c1-2-19(12-13-8-10-17-11-9-13)15(16)18-14-6-4-3-5-7-14/h8-11,14H,2-7,12H2,1H3,(H2,16,18). The molecule has 1 fully saturated rings. The van der Waals surface area contributed by atoms with Crippen LogP contribution in [0.25, 0.3) is 0 Å². The van der Waals surface area contributed by atoms with E-state index in [4.69, 9.17) is 10.7 Å². The fourth-order valence-corrected chi connectivity index (χ4v) is 2.54. The molecule has 2 N–H and O–H groups in total. The Morgan fingerprint density at radius 3 is 2.63 bits per heavy atom. The smallest absolute Gasteiger partial charge is 0.191 e. The molecule has 0 atom stereocenters. The largest absolute Gasteiger partial charge is 0.370 e. The highest BCUT2D eigenvalue weighted by atomic mass is 15.2. The first-order valence-corrected chi connectivity index (χ1v) is 7.26. The zero-order chi connectivity index (χ0) is 13.5. The first kappa shape index (κ1) is 13.8. The first-order chi connectivity index (χ1) is 9.29. The van der Waals surface area contributed by atoms with E-state index < -0.39 is 0 Å². The van der Waals surface area contributed by atoms with E-state index in [1.807, 2.05) is 24.5 Å². The van der Waals surface area contributed by atoms with Crippen LogP contribution in [0.3, 0.4) is 0 Å². The average Bonchev–Trinajstić information content (AvgIpc) is 2.47. The van der Waals surface area contributed by atoms with Gasteiger partial charge in [-0.05, 0) is 37.5 Å². The van der Waals surface area contributed by atoms with Gasteiger partial charge < -0.3 is 10.6 Å². The minimum atomic E-state index is 0.431. The maximum absolute atomic E-state index is 6.17. The Labute approximate surface area is 115 Å². The van der Waals surface area contributed by atoms with Gasteiger partial charge in [0, 0.05) is 25.5 Å². The van der Waals surface area contributed by atoms with Crippen molar-refractivity contribution in [3.05, 3.63) is 30.1 Å². The summed E-state index contributed by atoms with van der Waals surface area (Å²) >= 11 is 0. The number of rotatable bonds is 4. The highest BCUT2D eigenvalue weighted by Gasteiger charge is 2.14. The summed E-state index contributed by atoms with van der Waals surface area (Å²) in [5.74, 6) is 0.686. The number of guanidine groups is 1. The van der Waals surface area contributed by atoms with Crippen LogP contribution in [0.4, 0.5) is 0 Å². The number of nitrogens with two attached hydrogens (primary N) is 1. The second kappa shape index (κ2) is 7.12. The van der Waals surface area contributed by atoms with Crippen molar-refractivity contribution in [1.82, 2.24) is 9.88 Å². The molecular formula is C15H24N4. The van der Waals surface area contributed by atoms with E-state index in [0.29, 0.717) is 12.0 Å². The molecule has 0 unspecified atom stereocenters. The van der Waals surface area contributed by atoms with Gasteiger partial charge in [-0.1, -0.05) is 19.3 Å². The van der Waals surface area contributed by atoms with Crippen LogP contribution in [0.5, 0.6) is 0 Å². The van der Waals surface area contributed by atoms with E-state index in [0.717, 1.165) is 13.1 Å². The lowest BCUT2D eigenvalue weighted by molar-refractivity contribution is 0.406. The van der Waals surface area contributed by atoms with Gasteiger partial charge in [-0.25, -0.2) is 4.99 Å². The Morgan fingerprint density at radius 2 is 2.00 bits per heavy atom. The van der Waals surface area contributed by atoms with Crippen LogP contribution in [0.2, 0.25) is 0 Å². The lowest BCUT2D eigenvalue weighted by atomic mass is 9.96. The molecule has 4 heteroatoms. The molecule has 1 saturated carbocycles. The molecule has 1 aromatic heterocycles. The molecule has 0 amide bonds. The van der Waals surface area contributed by atoms with Crippen molar-refractivity contribution >= 4 is 5.96 Å². The molecule has 19 heavy (non-hydrogen) atoms. The van der Waals surface area contributed by atoms with Crippen LogP contribution in [-0.2, 0) is 6.54 Å². The van der Waals surface area contributed by atoms with Crippen LogP contribution in [-0.4, -0.2) is 28.4 Å². The Balaban J connectivity index is 1.97. The quantitative estimate of drug-likeness (QED) is 0.668. The summed E-state index contributed by atoms with van der Waals surface area (Å²) in [6, 6.07) is 4.48. The summed E-state index contributed by atoms with van der Waals surface area (Å²) in [6.45, 7) is 3.80. The van der Waals surface area contributed by atoms with Gasteiger partial charge in [0.15, 0.2) is 5.96 Å². The third kappa shape index (κ3) is 4.23. The van der Waals surface area contributed by atoms with E-state index in [2.05, 4.69) is 16.8 Å². The van der Waals surface area contributed by atoms with Crippen LogP contribution < -0.4 is 5.73 Å². The minimum Gasteiger partial charge on any atom is -0.370 e. The average molecular weight is 260 g/mol. The highest BCUT2D eigenvalue weighted by Crippen LogP contribution is 2.20. The molecule has 0 saturated heterocycles. The summed E-state index contributed by atoms with van der Waals surface area (Å²) in [7, 11) is 0. The van der Waals surface area contributed by atoms with Crippen molar-refractivity contribution in [3.63, 3.8) is 0 Å².